The molecule has 0 saturated carbocycles. The third-order valence-electron chi connectivity index (χ3n) is 5.04. The van der Waals surface area contributed by atoms with Crippen LogP contribution in [0.15, 0.2) is 60.7 Å². The van der Waals surface area contributed by atoms with Gasteiger partial charge in [-0.1, -0.05) is 12.1 Å². The number of nitro benzene ring substituents is 1. The first kappa shape index (κ1) is 17.9. The number of nitrogens with one attached hydrogen (secondary N) is 1. The van der Waals surface area contributed by atoms with E-state index in [1.807, 2.05) is 0 Å². The number of amides is 1. The van der Waals surface area contributed by atoms with Crippen molar-refractivity contribution in [3.63, 3.8) is 0 Å². The number of hydrogen-bond donors (Lipinski definition) is 1. The van der Waals surface area contributed by atoms with Gasteiger partial charge in [0.05, 0.1) is 22.1 Å². The fourth-order valence-electron chi connectivity index (χ4n) is 3.66. The van der Waals surface area contributed by atoms with E-state index in [4.69, 9.17) is 9.47 Å². The number of ether oxygens (including phenoxy) is 2. The molecule has 3 aromatic carbocycles. The van der Waals surface area contributed by atoms with Crippen molar-refractivity contribution in [3.05, 3.63) is 87.7 Å². The van der Waals surface area contributed by atoms with Crippen LogP contribution in [0.2, 0.25) is 0 Å². The highest BCUT2D eigenvalue weighted by Crippen LogP contribution is 2.44. The monoisotopic (exact) mass is 407 g/mol. The van der Waals surface area contributed by atoms with E-state index in [-0.39, 0.29) is 29.7 Å². The van der Waals surface area contributed by atoms with Gasteiger partial charge in [0.1, 0.15) is 12.0 Å². The molecule has 0 fully saturated rings. The molecule has 8 nitrogen and oxygen atoms in total. The molecular formula is C21H14FN3O5. The zero-order chi connectivity index (χ0) is 20.8. The van der Waals surface area contributed by atoms with E-state index in [2.05, 4.69) is 5.32 Å². The fraction of sp³-hybridized carbons (Fsp3) is 0.0952. The minimum Gasteiger partial charge on any atom is -0.454 e. The normalized spacial score (nSPS) is 16.8. The largest absolute Gasteiger partial charge is 0.454 e. The lowest BCUT2D eigenvalue weighted by Crippen LogP contribution is -2.43. The van der Waals surface area contributed by atoms with E-state index in [1.54, 1.807) is 24.3 Å². The third-order valence-corrected chi connectivity index (χ3v) is 5.04. The molecule has 1 atom stereocenters. The summed E-state index contributed by atoms with van der Waals surface area (Å²) in [6, 6.07) is 15.0. The van der Waals surface area contributed by atoms with Gasteiger partial charge in [-0.15, -0.1) is 0 Å². The Morgan fingerprint density at radius 3 is 2.50 bits per heavy atom. The molecule has 0 spiro atoms. The number of anilines is 2. The van der Waals surface area contributed by atoms with Gasteiger partial charge in [-0.25, -0.2) is 4.39 Å². The van der Waals surface area contributed by atoms with Crippen LogP contribution in [0.3, 0.4) is 0 Å². The van der Waals surface area contributed by atoms with Gasteiger partial charge >= 0.3 is 0 Å². The molecule has 1 amide bonds. The smallest absolute Gasteiger partial charge is 0.280 e. The number of rotatable bonds is 3. The van der Waals surface area contributed by atoms with Crippen molar-refractivity contribution in [2.45, 2.75) is 6.17 Å². The summed E-state index contributed by atoms with van der Waals surface area (Å²) in [5.74, 6) is -0.209. The Hall–Kier alpha value is -4.14. The SMILES string of the molecule is O=C1c2ccccc2N[C@H](c2cc3c(cc2[N+](=O)[O-])OCO3)N1c1ccc(F)cc1. The number of halogens is 1. The molecular weight excluding hydrogens is 393 g/mol. The highest BCUT2D eigenvalue weighted by atomic mass is 19.1. The van der Waals surface area contributed by atoms with E-state index < -0.39 is 16.9 Å². The summed E-state index contributed by atoms with van der Waals surface area (Å²) in [5.41, 5.74) is 1.33. The average Bonchev–Trinajstić information content (AvgIpc) is 3.21. The molecule has 0 radical (unpaired) electrons. The van der Waals surface area contributed by atoms with Crippen molar-refractivity contribution in [1.29, 1.82) is 0 Å². The summed E-state index contributed by atoms with van der Waals surface area (Å²) in [6.07, 6.45) is -0.923. The molecule has 2 heterocycles. The second-order valence-corrected chi connectivity index (χ2v) is 6.77. The Balaban J connectivity index is 1.72. The zero-order valence-electron chi connectivity index (χ0n) is 15.4. The standard InChI is InChI=1S/C21H14FN3O5/c22-12-5-7-13(8-6-12)24-20(23-16-4-2-1-3-14(16)21(24)26)15-9-18-19(30-11-29-18)10-17(15)25(27)28/h1-10,20,23H,11H2/t20-/m0/s1. The van der Waals surface area contributed by atoms with Crippen LogP contribution in [0.4, 0.5) is 21.5 Å². The van der Waals surface area contributed by atoms with Gasteiger partial charge in [-0.05, 0) is 42.5 Å². The van der Waals surface area contributed by atoms with Crippen LogP contribution in [0, 0.1) is 15.9 Å². The molecule has 0 saturated heterocycles. The van der Waals surface area contributed by atoms with E-state index in [0.717, 1.165) is 0 Å². The quantitative estimate of drug-likeness (QED) is 0.516. The summed E-state index contributed by atoms with van der Waals surface area (Å²) in [4.78, 5) is 26.0. The van der Waals surface area contributed by atoms with Crippen LogP contribution in [0.1, 0.15) is 22.1 Å². The molecule has 5 rings (SSSR count). The molecule has 0 aliphatic carbocycles. The lowest BCUT2D eigenvalue weighted by molar-refractivity contribution is -0.385. The second-order valence-electron chi connectivity index (χ2n) is 6.77. The molecule has 0 unspecified atom stereocenters. The van der Waals surface area contributed by atoms with Crippen molar-refractivity contribution in [3.8, 4) is 11.5 Å². The van der Waals surface area contributed by atoms with Crippen LogP contribution in [0.5, 0.6) is 11.5 Å². The summed E-state index contributed by atoms with van der Waals surface area (Å²) in [7, 11) is 0. The number of benzene rings is 3. The first-order chi connectivity index (χ1) is 14.5. The summed E-state index contributed by atoms with van der Waals surface area (Å²) < 4.78 is 24.1. The van der Waals surface area contributed by atoms with Crippen LogP contribution in [-0.2, 0) is 0 Å². The second kappa shape index (κ2) is 6.73. The van der Waals surface area contributed by atoms with Gasteiger partial charge in [-0.2, -0.15) is 0 Å². The third kappa shape index (κ3) is 2.79. The summed E-state index contributed by atoms with van der Waals surface area (Å²) >= 11 is 0. The molecule has 2 aliphatic heterocycles. The predicted octanol–water partition coefficient (Wildman–Crippen LogP) is 4.23. The fourth-order valence-corrected chi connectivity index (χ4v) is 3.66. The minimum atomic E-state index is -0.923. The van der Waals surface area contributed by atoms with E-state index in [0.29, 0.717) is 22.7 Å². The molecule has 3 aromatic rings. The van der Waals surface area contributed by atoms with Crippen LogP contribution in [-0.4, -0.2) is 17.6 Å². The summed E-state index contributed by atoms with van der Waals surface area (Å²) in [5, 5.41) is 15.0. The molecule has 2 aliphatic rings. The van der Waals surface area contributed by atoms with Crippen molar-refractivity contribution in [2.24, 2.45) is 0 Å². The Morgan fingerprint density at radius 2 is 1.77 bits per heavy atom. The van der Waals surface area contributed by atoms with E-state index >= 15 is 0 Å². The number of para-hydroxylation sites is 1. The topological polar surface area (TPSA) is 93.9 Å². The molecule has 0 aromatic heterocycles. The highest BCUT2D eigenvalue weighted by Gasteiger charge is 2.38. The molecule has 1 N–H and O–H groups in total. The van der Waals surface area contributed by atoms with E-state index in [9.17, 15) is 19.3 Å². The van der Waals surface area contributed by atoms with Crippen LogP contribution >= 0.6 is 0 Å². The predicted molar refractivity (Wildman–Crippen MR) is 105 cm³/mol. The lowest BCUT2D eigenvalue weighted by atomic mass is 10.0. The molecule has 30 heavy (non-hydrogen) atoms. The number of carbonyl (C=O) groups excluding carboxylic acids is 1. The van der Waals surface area contributed by atoms with Crippen LogP contribution in [0.25, 0.3) is 0 Å². The first-order valence-corrected chi connectivity index (χ1v) is 9.05. The number of nitrogens with zero attached hydrogens (tertiary/aromatic N) is 2. The summed E-state index contributed by atoms with van der Waals surface area (Å²) in [6.45, 7) is -0.0442. The Bertz CT molecular complexity index is 1180. The number of nitro groups is 1. The number of fused-ring (bicyclic) bond motifs is 2. The van der Waals surface area contributed by atoms with Gasteiger partial charge in [0.15, 0.2) is 11.5 Å². The van der Waals surface area contributed by atoms with Crippen molar-refractivity contribution >= 4 is 23.0 Å². The maximum atomic E-state index is 13.5. The van der Waals surface area contributed by atoms with Gasteiger partial charge in [-0.3, -0.25) is 19.8 Å². The maximum absolute atomic E-state index is 13.5. The van der Waals surface area contributed by atoms with Crippen molar-refractivity contribution < 1.29 is 23.6 Å². The van der Waals surface area contributed by atoms with E-state index in [1.165, 1.54) is 41.3 Å². The van der Waals surface area contributed by atoms with Gasteiger partial charge in [0.25, 0.3) is 11.6 Å². The minimum absolute atomic E-state index is 0.0442. The Kier molecular flexibility index (Phi) is 4.02. The van der Waals surface area contributed by atoms with Gasteiger partial charge in [0, 0.05) is 11.4 Å². The Labute approximate surface area is 169 Å². The molecule has 9 heteroatoms. The van der Waals surface area contributed by atoms with Crippen molar-refractivity contribution in [1.82, 2.24) is 0 Å². The molecule has 0 bridgehead atoms. The van der Waals surface area contributed by atoms with Gasteiger partial charge < -0.3 is 14.8 Å². The highest BCUT2D eigenvalue weighted by molar-refractivity contribution is 6.12. The molecule has 150 valence electrons. The maximum Gasteiger partial charge on any atom is 0.280 e. The average molecular weight is 407 g/mol. The number of carbonyl (C=O) groups is 1. The van der Waals surface area contributed by atoms with Gasteiger partial charge in [0.2, 0.25) is 6.79 Å². The first-order valence-electron chi connectivity index (χ1n) is 9.05. The Morgan fingerprint density at radius 1 is 1.07 bits per heavy atom. The van der Waals surface area contributed by atoms with Crippen LogP contribution < -0.4 is 19.7 Å². The number of hydrogen-bond acceptors (Lipinski definition) is 6. The lowest BCUT2D eigenvalue weighted by Gasteiger charge is -2.37. The van der Waals surface area contributed by atoms with Crippen molar-refractivity contribution in [2.75, 3.05) is 17.0 Å². The zero-order valence-corrected chi connectivity index (χ0v) is 15.4.